The second kappa shape index (κ2) is 38.7. The van der Waals surface area contributed by atoms with E-state index in [1.807, 2.05) is 0 Å². The lowest BCUT2D eigenvalue weighted by Crippen LogP contribution is -2.30. The minimum absolute atomic E-state index is 0.0669. The fourth-order valence-electron chi connectivity index (χ4n) is 6.88. The number of rotatable bonds is 40. The normalized spacial score (nSPS) is 12.2. The number of carbonyl (C=O) groups is 3. The molecule has 0 aliphatic heterocycles. The van der Waals surface area contributed by atoms with Gasteiger partial charge in [-0.2, -0.15) is 0 Å². The zero-order valence-corrected chi connectivity index (χ0v) is 36.3. The van der Waals surface area contributed by atoms with E-state index in [1.165, 1.54) is 128 Å². The number of hydrogen-bond donors (Lipinski definition) is 0. The second-order valence-corrected chi connectivity index (χ2v) is 17.5. The molecule has 0 N–H and O–H groups in total. The summed E-state index contributed by atoms with van der Waals surface area (Å²) in [5.41, 5.74) is 0. The van der Waals surface area contributed by atoms with Crippen molar-refractivity contribution in [3.8, 4) is 0 Å². The Morgan fingerprint density at radius 2 is 0.547 bits per heavy atom. The zero-order valence-electron chi connectivity index (χ0n) is 36.3. The van der Waals surface area contributed by atoms with Crippen LogP contribution in [0.15, 0.2) is 0 Å². The van der Waals surface area contributed by atoms with Crippen molar-refractivity contribution in [2.45, 2.75) is 253 Å². The highest BCUT2D eigenvalue weighted by atomic mass is 16.6. The van der Waals surface area contributed by atoms with Crippen LogP contribution >= 0.6 is 0 Å². The predicted molar refractivity (Wildman–Crippen MR) is 224 cm³/mol. The Hall–Kier alpha value is -1.59. The number of carbonyl (C=O) groups excluding carboxylic acids is 3. The van der Waals surface area contributed by atoms with Gasteiger partial charge in [0.15, 0.2) is 6.10 Å². The van der Waals surface area contributed by atoms with Crippen molar-refractivity contribution in [1.29, 1.82) is 0 Å². The van der Waals surface area contributed by atoms with Crippen LogP contribution in [-0.2, 0) is 28.6 Å². The molecule has 314 valence electrons. The molecule has 0 aliphatic rings. The Morgan fingerprint density at radius 3 is 0.811 bits per heavy atom. The van der Waals surface area contributed by atoms with E-state index in [4.69, 9.17) is 14.2 Å². The van der Waals surface area contributed by atoms with Gasteiger partial charge in [0, 0.05) is 19.3 Å². The summed E-state index contributed by atoms with van der Waals surface area (Å²) in [5.74, 6) is 1.53. The summed E-state index contributed by atoms with van der Waals surface area (Å²) < 4.78 is 16.7. The molecule has 6 nitrogen and oxygen atoms in total. The summed E-state index contributed by atoms with van der Waals surface area (Å²) in [6.45, 7) is 13.6. The molecule has 0 aromatic heterocycles. The molecule has 0 heterocycles. The molecule has 0 saturated carbocycles. The average Bonchev–Trinajstić information content (AvgIpc) is 3.11. The van der Waals surface area contributed by atoms with Gasteiger partial charge in [-0.25, -0.2) is 0 Å². The molecule has 0 aliphatic carbocycles. The Morgan fingerprint density at radius 1 is 0.321 bits per heavy atom. The molecule has 0 fully saturated rings. The van der Waals surface area contributed by atoms with Gasteiger partial charge in [0.2, 0.25) is 0 Å². The van der Waals surface area contributed by atoms with Crippen LogP contribution < -0.4 is 0 Å². The van der Waals surface area contributed by atoms with Crippen LogP contribution in [0.1, 0.15) is 247 Å². The van der Waals surface area contributed by atoms with Crippen LogP contribution in [0.3, 0.4) is 0 Å². The highest BCUT2D eigenvalue weighted by Crippen LogP contribution is 2.17. The van der Waals surface area contributed by atoms with E-state index in [2.05, 4.69) is 41.5 Å². The van der Waals surface area contributed by atoms with Gasteiger partial charge >= 0.3 is 17.9 Å². The summed E-state index contributed by atoms with van der Waals surface area (Å²) in [6, 6.07) is 0. The maximum Gasteiger partial charge on any atom is 0.306 e. The Labute approximate surface area is 329 Å². The van der Waals surface area contributed by atoms with E-state index in [0.29, 0.717) is 19.3 Å². The summed E-state index contributed by atoms with van der Waals surface area (Å²) in [6.07, 6.45) is 35.3. The van der Waals surface area contributed by atoms with Crippen LogP contribution in [0.2, 0.25) is 0 Å². The molecule has 1 atom stereocenters. The average molecular weight is 751 g/mol. The van der Waals surface area contributed by atoms with E-state index in [9.17, 15) is 14.4 Å². The number of hydrogen-bond acceptors (Lipinski definition) is 6. The highest BCUT2D eigenvalue weighted by Gasteiger charge is 2.19. The van der Waals surface area contributed by atoms with E-state index in [1.54, 1.807) is 0 Å². The Kier molecular flexibility index (Phi) is 37.5. The molecule has 0 spiro atoms. The second-order valence-electron chi connectivity index (χ2n) is 17.5. The quantitative estimate of drug-likeness (QED) is 0.0352. The largest absolute Gasteiger partial charge is 0.462 e. The standard InChI is InChI=1S/C47H90O6/c1-41(2)33-27-21-15-11-9-7-8-10-12-18-26-32-38-47(50)53-44(40-52-46(49)37-31-25-20-19-23-29-35-43(5)6)39-51-45(48)36-30-24-17-14-13-16-22-28-34-42(3)4/h41-44H,7-40H2,1-6H3/t44-/m1/s1. The lowest BCUT2D eigenvalue weighted by Gasteiger charge is -2.18. The Balaban J connectivity index is 4.32. The van der Waals surface area contributed by atoms with E-state index in [-0.39, 0.29) is 31.1 Å². The predicted octanol–water partition coefficient (Wildman–Crippen LogP) is 14.4. The van der Waals surface area contributed by atoms with Crippen LogP contribution in [-0.4, -0.2) is 37.2 Å². The van der Waals surface area contributed by atoms with Gasteiger partial charge in [-0.05, 0) is 37.0 Å². The maximum atomic E-state index is 12.7. The number of unbranched alkanes of at least 4 members (excludes halogenated alkanes) is 23. The van der Waals surface area contributed by atoms with Crippen molar-refractivity contribution in [3.63, 3.8) is 0 Å². The number of ether oxygens (including phenoxy) is 3. The van der Waals surface area contributed by atoms with Crippen LogP contribution in [0.25, 0.3) is 0 Å². The fraction of sp³-hybridized carbons (Fsp3) is 0.936. The molecule has 0 bridgehead atoms. The van der Waals surface area contributed by atoms with E-state index >= 15 is 0 Å². The number of esters is 3. The molecule has 0 amide bonds. The van der Waals surface area contributed by atoms with Gasteiger partial charge in [-0.15, -0.1) is 0 Å². The lowest BCUT2D eigenvalue weighted by atomic mass is 10.0. The zero-order chi connectivity index (χ0) is 39.2. The lowest BCUT2D eigenvalue weighted by molar-refractivity contribution is -0.167. The first-order valence-corrected chi connectivity index (χ1v) is 23.1. The van der Waals surface area contributed by atoms with Gasteiger partial charge in [-0.3, -0.25) is 14.4 Å². The van der Waals surface area contributed by atoms with Crippen molar-refractivity contribution >= 4 is 17.9 Å². The SMILES string of the molecule is CC(C)CCCCCCCCCCCCCCC(=O)O[C@H](COC(=O)CCCCCCCCCCC(C)C)COC(=O)CCCCCCCCC(C)C. The Bertz CT molecular complexity index is 822. The van der Waals surface area contributed by atoms with Gasteiger partial charge in [0.1, 0.15) is 13.2 Å². The monoisotopic (exact) mass is 751 g/mol. The summed E-state index contributed by atoms with van der Waals surface area (Å²) in [5, 5.41) is 0. The minimum Gasteiger partial charge on any atom is -0.462 e. The van der Waals surface area contributed by atoms with E-state index in [0.717, 1.165) is 75.5 Å². The third-order valence-electron chi connectivity index (χ3n) is 10.4. The van der Waals surface area contributed by atoms with Crippen LogP contribution in [0.4, 0.5) is 0 Å². The molecule has 0 radical (unpaired) electrons. The molecule has 0 saturated heterocycles. The first-order valence-electron chi connectivity index (χ1n) is 23.1. The summed E-state index contributed by atoms with van der Waals surface area (Å²) in [7, 11) is 0. The topological polar surface area (TPSA) is 78.9 Å². The molecule has 0 unspecified atom stereocenters. The van der Waals surface area contributed by atoms with Crippen molar-refractivity contribution in [2.24, 2.45) is 17.8 Å². The van der Waals surface area contributed by atoms with E-state index < -0.39 is 6.10 Å². The summed E-state index contributed by atoms with van der Waals surface area (Å²) >= 11 is 0. The molecular weight excluding hydrogens is 661 g/mol. The molecule has 0 aromatic rings. The smallest absolute Gasteiger partial charge is 0.306 e. The third kappa shape index (κ3) is 41.4. The summed E-state index contributed by atoms with van der Waals surface area (Å²) in [4.78, 5) is 37.7. The van der Waals surface area contributed by atoms with Crippen LogP contribution in [0, 0.1) is 17.8 Å². The third-order valence-corrected chi connectivity index (χ3v) is 10.4. The molecular formula is C47H90O6. The molecule has 0 aromatic carbocycles. The molecule has 6 heteroatoms. The fourth-order valence-corrected chi connectivity index (χ4v) is 6.88. The van der Waals surface area contributed by atoms with Crippen molar-refractivity contribution in [3.05, 3.63) is 0 Å². The van der Waals surface area contributed by atoms with Crippen LogP contribution in [0.5, 0.6) is 0 Å². The molecule has 53 heavy (non-hydrogen) atoms. The first-order chi connectivity index (χ1) is 25.6. The minimum atomic E-state index is -0.762. The maximum absolute atomic E-state index is 12.7. The van der Waals surface area contributed by atoms with Gasteiger partial charge in [-0.1, -0.05) is 208 Å². The van der Waals surface area contributed by atoms with Gasteiger partial charge in [0.05, 0.1) is 0 Å². The van der Waals surface area contributed by atoms with Crippen molar-refractivity contribution < 1.29 is 28.6 Å². The van der Waals surface area contributed by atoms with Gasteiger partial charge in [0.25, 0.3) is 0 Å². The van der Waals surface area contributed by atoms with Gasteiger partial charge < -0.3 is 14.2 Å². The highest BCUT2D eigenvalue weighted by molar-refractivity contribution is 5.71. The molecule has 0 rings (SSSR count). The van der Waals surface area contributed by atoms with Crippen molar-refractivity contribution in [1.82, 2.24) is 0 Å². The van der Waals surface area contributed by atoms with Crippen molar-refractivity contribution in [2.75, 3.05) is 13.2 Å². The first kappa shape index (κ1) is 51.4.